The summed E-state index contributed by atoms with van der Waals surface area (Å²) >= 11 is 0. The van der Waals surface area contributed by atoms with Gasteiger partial charge in [-0.05, 0) is 24.3 Å². The van der Waals surface area contributed by atoms with Crippen molar-refractivity contribution >= 4 is 16.9 Å². The molecule has 0 fully saturated rings. The van der Waals surface area contributed by atoms with E-state index in [2.05, 4.69) is 9.97 Å². The van der Waals surface area contributed by atoms with Gasteiger partial charge >= 0.3 is 0 Å². The number of rotatable bonds is 0. The molecule has 0 saturated heterocycles. The second-order valence-corrected chi connectivity index (χ2v) is 4.07. The Bertz CT molecular complexity index is 731. The quantitative estimate of drug-likeness (QED) is 0.703. The van der Waals surface area contributed by atoms with Gasteiger partial charge in [0.25, 0.3) is 5.88 Å². The Labute approximate surface area is 104 Å². The van der Waals surface area contributed by atoms with Gasteiger partial charge in [-0.25, -0.2) is 9.97 Å². The van der Waals surface area contributed by atoms with Gasteiger partial charge in [-0.3, -0.25) is 4.90 Å². The van der Waals surface area contributed by atoms with Crippen LogP contribution >= 0.6 is 0 Å². The third-order valence-electron chi connectivity index (χ3n) is 2.93. The highest BCUT2D eigenvalue weighted by molar-refractivity contribution is 5.79. The smallest absolute Gasteiger partial charge is 0.263 e. The van der Waals surface area contributed by atoms with Crippen molar-refractivity contribution in [2.75, 3.05) is 4.90 Å². The van der Waals surface area contributed by atoms with Gasteiger partial charge in [0.2, 0.25) is 5.82 Å². The SMILES string of the molecule is C1=CC2=COc3nc4ccccc4nc3N2C=C1. The van der Waals surface area contributed by atoms with Crippen molar-refractivity contribution in [2.24, 2.45) is 0 Å². The molecule has 4 heteroatoms. The minimum atomic E-state index is 0.539. The van der Waals surface area contributed by atoms with Crippen molar-refractivity contribution in [3.05, 3.63) is 60.7 Å². The summed E-state index contributed by atoms with van der Waals surface area (Å²) in [6.07, 6.45) is 9.54. The number of hydrogen-bond donors (Lipinski definition) is 0. The van der Waals surface area contributed by atoms with Crippen molar-refractivity contribution < 1.29 is 4.74 Å². The fraction of sp³-hybridized carbons (Fsp3) is 0. The van der Waals surface area contributed by atoms with Crippen LogP contribution in [0.2, 0.25) is 0 Å². The molecule has 3 heterocycles. The molecular weight excluding hydrogens is 226 g/mol. The highest BCUT2D eigenvalue weighted by atomic mass is 16.5. The maximum atomic E-state index is 5.54. The fourth-order valence-electron chi connectivity index (χ4n) is 2.07. The summed E-state index contributed by atoms with van der Waals surface area (Å²) in [5.41, 5.74) is 2.66. The van der Waals surface area contributed by atoms with E-state index in [-0.39, 0.29) is 0 Å². The number of benzene rings is 1. The predicted octanol–water partition coefficient (Wildman–Crippen LogP) is 2.75. The summed E-state index contributed by atoms with van der Waals surface area (Å²) in [5.74, 6) is 1.27. The molecule has 0 unspecified atom stereocenters. The second-order valence-electron chi connectivity index (χ2n) is 4.07. The first kappa shape index (κ1) is 9.41. The van der Waals surface area contributed by atoms with Crippen LogP contribution in [-0.2, 0) is 0 Å². The van der Waals surface area contributed by atoms with Gasteiger partial charge in [0.05, 0.1) is 16.7 Å². The number of anilines is 1. The lowest BCUT2D eigenvalue weighted by Crippen LogP contribution is -2.22. The lowest BCUT2D eigenvalue weighted by Gasteiger charge is -2.27. The summed E-state index contributed by atoms with van der Waals surface area (Å²) in [6.45, 7) is 0. The topological polar surface area (TPSA) is 38.3 Å². The van der Waals surface area contributed by atoms with Gasteiger partial charge in [-0.2, -0.15) is 0 Å². The Morgan fingerprint density at radius 3 is 2.72 bits per heavy atom. The van der Waals surface area contributed by atoms with Crippen molar-refractivity contribution in [3.63, 3.8) is 0 Å². The minimum Gasteiger partial charge on any atom is -0.442 e. The van der Waals surface area contributed by atoms with Crippen molar-refractivity contribution in [1.82, 2.24) is 9.97 Å². The Morgan fingerprint density at radius 2 is 1.83 bits per heavy atom. The van der Waals surface area contributed by atoms with Gasteiger partial charge in [0, 0.05) is 6.20 Å². The number of hydrogen-bond acceptors (Lipinski definition) is 4. The number of ether oxygens (including phenoxy) is 1. The van der Waals surface area contributed by atoms with Crippen LogP contribution in [0, 0.1) is 0 Å². The van der Waals surface area contributed by atoms with Gasteiger partial charge in [-0.1, -0.05) is 18.2 Å². The first-order valence-corrected chi connectivity index (χ1v) is 5.69. The number of fused-ring (bicyclic) bond motifs is 4. The molecule has 0 amide bonds. The average molecular weight is 235 g/mol. The molecule has 4 nitrogen and oxygen atoms in total. The molecule has 0 aliphatic carbocycles. The molecule has 1 aromatic carbocycles. The molecule has 2 aliphatic heterocycles. The van der Waals surface area contributed by atoms with Crippen LogP contribution in [0.15, 0.2) is 60.7 Å². The lowest BCUT2D eigenvalue weighted by atomic mass is 10.2. The Balaban J connectivity index is 1.97. The molecule has 86 valence electrons. The Hall–Kier alpha value is -2.62. The van der Waals surface area contributed by atoms with E-state index in [1.165, 1.54) is 0 Å². The van der Waals surface area contributed by atoms with Crippen LogP contribution in [0.3, 0.4) is 0 Å². The maximum Gasteiger partial charge on any atom is 0.263 e. The molecule has 2 aromatic rings. The van der Waals surface area contributed by atoms with Gasteiger partial charge in [-0.15, -0.1) is 0 Å². The van der Waals surface area contributed by atoms with Crippen LogP contribution in [0.1, 0.15) is 0 Å². The largest absolute Gasteiger partial charge is 0.442 e. The average Bonchev–Trinajstić information content (AvgIpc) is 2.45. The maximum absolute atomic E-state index is 5.54. The van der Waals surface area contributed by atoms with Crippen molar-refractivity contribution in [3.8, 4) is 5.88 Å². The van der Waals surface area contributed by atoms with E-state index in [1.54, 1.807) is 6.26 Å². The summed E-state index contributed by atoms with van der Waals surface area (Å²) in [4.78, 5) is 11.1. The zero-order chi connectivity index (χ0) is 11.9. The summed E-state index contributed by atoms with van der Waals surface area (Å²) < 4.78 is 5.54. The number of para-hydroxylation sites is 2. The molecular formula is C14H9N3O. The monoisotopic (exact) mass is 235 g/mol. The summed E-state index contributed by atoms with van der Waals surface area (Å²) in [6, 6.07) is 7.77. The molecule has 0 bridgehead atoms. The number of allylic oxidation sites excluding steroid dienone is 3. The van der Waals surface area contributed by atoms with E-state index in [0.717, 1.165) is 22.5 Å². The lowest BCUT2D eigenvalue weighted by molar-refractivity contribution is 0.447. The van der Waals surface area contributed by atoms with Crippen LogP contribution in [0.25, 0.3) is 11.0 Å². The highest BCUT2D eigenvalue weighted by Crippen LogP contribution is 2.34. The highest BCUT2D eigenvalue weighted by Gasteiger charge is 2.22. The van der Waals surface area contributed by atoms with Crippen LogP contribution < -0.4 is 9.64 Å². The zero-order valence-electron chi connectivity index (χ0n) is 9.45. The fourth-order valence-corrected chi connectivity index (χ4v) is 2.07. The standard InChI is InChI=1S/C14H9N3O/c1-2-7-12-11(6-1)15-13-14(16-12)18-9-10-5-3-4-8-17(10)13/h1-9H. The molecule has 2 aliphatic rings. The first-order chi connectivity index (χ1) is 8.92. The summed E-state index contributed by atoms with van der Waals surface area (Å²) in [5, 5.41) is 0. The van der Waals surface area contributed by atoms with E-state index < -0.39 is 0 Å². The van der Waals surface area contributed by atoms with Gasteiger partial charge in [0.15, 0.2) is 0 Å². The molecule has 4 rings (SSSR count). The Morgan fingerprint density at radius 1 is 1.00 bits per heavy atom. The van der Waals surface area contributed by atoms with Crippen LogP contribution in [-0.4, -0.2) is 9.97 Å². The van der Waals surface area contributed by atoms with Crippen molar-refractivity contribution in [1.29, 1.82) is 0 Å². The Kier molecular flexibility index (Phi) is 1.80. The van der Waals surface area contributed by atoms with E-state index in [9.17, 15) is 0 Å². The normalized spacial score (nSPS) is 16.0. The molecule has 18 heavy (non-hydrogen) atoms. The van der Waals surface area contributed by atoms with Crippen molar-refractivity contribution in [2.45, 2.75) is 0 Å². The van der Waals surface area contributed by atoms with E-state index in [1.807, 2.05) is 53.6 Å². The predicted molar refractivity (Wildman–Crippen MR) is 69.0 cm³/mol. The van der Waals surface area contributed by atoms with E-state index in [4.69, 9.17) is 4.74 Å². The minimum absolute atomic E-state index is 0.539. The van der Waals surface area contributed by atoms with Crippen LogP contribution in [0.5, 0.6) is 5.88 Å². The zero-order valence-corrected chi connectivity index (χ0v) is 9.45. The molecule has 0 N–H and O–H groups in total. The van der Waals surface area contributed by atoms with Gasteiger partial charge in [0.1, 0.15) is 6.26 Å². The van der Waals surface area contributed by atoms with E-state index in [0.29, 0.717) is 5.88 Å². The number of aromatic nitrogens is 2. The molecule has 0 radical (unpaired) electrons. The third kappa shape index (κ3) is 1.26. The van der Waals surface area contributed by atoms with Gasteiger partial charge < -0.3 is 4.74 Å². The number of nitrogens with zero attached hydrogens (tertiary/aromatic N) is 3. The summed E-state index contributed by atoms with van der Waals surface area (Å²) in [7, 11) is 0. The molecule has 0 spiro atoms. The van der Waals surface area contributed by atoms with Crippen LogP contribution in [0.4, 0.5) is 5.82 Å². The van der Waals surface area contributed by atoms with E-state index >= 15 is 0 Å². The second kappa shape index (κ2) is 3.43. The third-order valence-corrected chi connectivity index (χ3v) is 2.93. The molecule has 0 atom stereocenters. The molecule has 0 saturated carbocycles. The first-order valence-electron chi connectivity index (χ1n) is 5.69. The molecule has 1 aromatic heterocycles.